The van der Waals surface area contributed by atoms with E-state index in [0.29, 0.717) is 0 Å². The van der Waals surface area contributed by atoms with Crippen molar-refractivity contribution in [2.45, 2.75) is 19.4 Å². The van der Waals surface area contributed by atoms with Gasteiger partial charge in [0.05, 0.1) is 0 Å². The number of carbonyl (C=O) groups is 1. The number of phosphoric ester groups is 1. The number of phosphoric acid groups is 1. The lowest BCUT2D eigenvalue weighted by molar-refractivity contribution is -0.128. The smallest absolute Gasteiger partial charge is 0.303 e. The maximum Gasteiger partial charge on any atom is 0.470 e. The molecule has 0 rings (SSSR count). The molecular weight excluding hydrogens is 183 g/mol. The third-order valence-electron chi connectivity index (χ3n) is 1.13. The molecule has 2 N–H and O–H groups in total. The molecule has 0 saturated carbocycles. The average Bonchev–Trinajstić information content (AvgIpc) is 1.80. The van der Waals surface area contributed by atoms with Gasteiger partial charge >= 0.3 is 7.82 Å². The summed E-state index contributed by atoms with van der Waals surface area (Å²) in [4.78, 5) is 27.7. The third-order valence-corrected chi connectivity index (χ3v) is 1.82. The minimum absolute atomic E-state index is 0.578. The number of carbonyl (C=O) groups excluding carboxylic acids is 1. The molecule has 0 aliphatic rings. The van der Waals surface area contributed by atoms with Gasteiger partial charge in [0, 0.05) is 0 Å². The summed E-state index contributed by atoms with van der Waals surface area (Å²) < 4.78 is 14.6. The Morgan fingerprint density at radius 3 is 2.25 bits per heavy atom. The van der Waals surface area contributed by atoms with Gasteiger partial charge in [0.15, 0.2) is 5.78 Å². The van der Waals surface area contributed by atoms with Crippen molar-refractivity contribution in [3.05, 3.63) is 12.7 Å². The highest BCUT2D eigenvalue weighted by atomic mass is 31.2. The van der Waals surface area contributed by atoms with Crippen LogP contribution in [0.25, 0.3) is 0 Å². The van der Waals surface area contributed by atoms with Crippen LogP contribution in [-0.2, 0) is 13.9 Å². The topological polar surface area (TPSA) is 83.8 Å². The molecule has 0 amide bonds. The van der Waals surface area contributed by atoms with Crippen molar-refractivity contribution in [2.24, 2.45) is 0 Å². The van der Waals surface area contributed by atoms with E-state index in [0.717, 1.165) is 6.08 Å². The molecule has 0 saturated heterocycles. The van der Waals surface area contributed by atoms with E-state index in [1.165, 1.54) is 13.8 Å². The zero-order valence-corrected chi connectivity index (χ0v) is 7.75. The van der Waals surface area contributed by atoms with Crippen LogP contribution in [-0.4, -0.2) is 21.2 Å². The second-order valence-corrected chi connectivity index (χ2v) is 3.82. The van der Waals surface area contributed by atoms with Crippen molar-refractivity contribution < 1.29 is 23.7 Å². The normalized spacial score (nSPS) is 12.7. The van der Waals surface area contributed by atoms with E-state index in [1.54, 1.807) is 0 Å². The van der Waals surface area contributed by atoms with Crippen molar-refractivity contribution in [3.63, 3.8) is 0 Å². The summed E-state index contributed by atoms with van der Waals surface area (Å²) in [6.07, 6.45) is 0.954. The van der Waals surface area contributed by atoms with Gasteiger partial charge in [0.2, 0.25) is 0 Å². The molecule has 0 fully saturated rings. The monoisotopic (exact) mass is 194 g/mol. The van der Waals surface area contributed by atoms with E-state index in [9.17, 15) is 9.36 Å². The summed E-state index contributed by atoms with van der Waals surface area (Å²) in [6, 6.07) is 0. The minimum atomic E-state index is -4.62. The van der Waals surface area contributed by atoms with E-state index in [4.69, 9.17) is 9.79 Å². The van der Waals surface area contributed by atoms with Crippen LogP contribution in [0.2, 0.25) is 0 Å². The predicted octanol–water partition coefficient (Wildman–Crippen LogP) is 0.629. The Kier molecular flexibility index (Phi) is 3.35. The molecule has 0 unspecified atom stereocenters. The largest absolute Gasteiger partial charge is 0.470 e. The van der Waals surface area contributed by atoms with Crippen molar-refractivity contribution in [2.75, 3.05) is 0 Å². The molecule has 0 radical (unpaired) electrons. The van der Waals surface area contributed by atoms with Gasteiger partial charge in [-0.3, -0.25) is 9.32 Å². The van der Waals surface area contributed by atoms with Crippen LogP contribution in [0, 0.1) is 0 Å². The fourth-order valence-corrected chi connectivity index (χ4v) is 1.27. The maximum absolute atomic E-state index is 10.9. The van der Waals surface area contributed by atoms with Gasteiger partial charge in [0.1, 0.15) is 5.60 Å². The van der Waals surface area contributed by atoms with Crippen LogP contribution in [0.5, 0.6) is 0 Å². The van der Waals surface area contributed by atoms with E-state index >= 15 is 0 Å². The second-order valence-electron chi connectivity index (χ2n) is 2.66. The van der Waals surface area contributed by atoms with Gasteiger partial charge in [-0.05, 0) is 19.9 Å². The zero-order chi connectivity index (χ0) is 9.99. The van der Waals surface area contributed by atoms with Gasteiger partial charge in [-0.25, -0.2) is 4.57 Å². The van der Waals surface area contributed by atoms with Gasteiger partial charge in [-0.15, -0.1) is 0 Å². The summed E-state index contributed by atoms with van der Waals surface area (Å²) in [5, 5.41) is 0. The minimum Gasteiger partial charge on any atom is -0.303 e. The van der Waals surface area contributed by atoms with Crippen molar-refractivity contribution in [1.82, 2.24) is 0 Å². The fourth-order valence-electron chi connectivity index (χ4n) is 0.588. The van der Waals surface area contributed by atoms with E-state index in [1.807, 2.05) is 0 Å². The first-order valence-corrected chi connectivity index (χ1v) is 4.65. The first-order valence-electron chi connectivity index (χ1n) is 3.12. The maximum atomic E-state index is 10.9. The first-order chi connectivity index (χ1) is 5.19. The van der Waals surface area contributed by atoms with Crippen LogP contribution >= 0.6 is 7.82 Å². The van der Waals surface area contributed by atoms with E-state index < -0.39 is 19.2 Å². The molecule has 0 heterocycles. The highest BCUT2D eigenvalue weighted by Crippen LogP contribution is 2.41. The Hall–Kier alpha value is -0.480. The quantitative estimate of drug-likeness (QED) is 0.506. The Morgan fingerprint density at radius 2 is 2.00 bits per heavy atom. The molecule has 70 valence electrons. The molecule has 0 bridgehead atoms. The van der Waals surface area contributed by atoms with Gasteiger partial charge in [-0.2, -0.15) is 0 Å². The SMILES string of the molecule is C=CC(=O)C(C)(C)OP(=O)(O)O. The standard InChI is InChI=1S/C6H11O5P/c1-4-5(7)6(2,3)11-12(8,9)10/h4H,1H2,2-3H3,(H2,8,9,10). The fraction of sp³-hybridized carbons (Fsp3) is 0.500. The highest BCUT2D eigenvalue weighted by Gasteiger charge is 2.33. The Morgan fingerprint density at radius 1 is 1.58 bits per heavy atom. The molecule has 0 aromatic heterocycles. The molecule has 6 heteroatoms. The number of hydrogen-bond donors (Lipinski definition) is 2. The average molecular weight is 194 g/mol. The molecule has 5 nitrogen and oxygen atoms in total. The van der Waals surface area contributed by atoms with Gasteiger partial charge in [0.25, 0.3) is 0 Å². The third kappa shape index (κ3) is 3.78. The lowest BCUT2D eigenvalue weighted by Gasteiger charge is -2.21. The summed E-state index contributed by atoms with van der Waals surface area (Å²) in [5.41, 5.74) is -1.53. The number of rotatable bonds is 4. The van der Waals surface area contributed by atoms with E-state index in [-0.39, 0.29) is 0 Å². The summed E-state index contributed by atoms with van der Waals surface area (Å²) >= 11 is 0. The molecule has 0 atom stereocenters. The second kappa shape index (κ2) is 3.49. The van der Waals surface area contributed by atoms with Crippen molar-refractivity contribution in [1.29, 1.82) is 0 Å². The van der Waals surface area contributed by atoms with Gasteiger partial charge < -0.3 is 9.79 Å². The molecular formula is C6H11O5P. The highest BCUT2D eigenvalue weighted by molar-refractivity contribution is 7.46. The van der Waals surface area contributed by atoms with Crippen LogP contribution in [0.15, 0.2) is 12.7 Å². The molecule has 0 aliphatic heterocycles. The van der Waals surface area contributed by atoms with Gasteiger partial charge in [-0.1, -0.05) is 6.58 Å². The summed E-state index contributed by atoms with van der Waals surface area (Å²) in [7, 11) is -4.62. The molecule has 0 aromatic carbocycles. The first kappa shape index (κ1) is 11.5. The van der Waals surface area contributed by atoms with Crippen molar-refractivity contribution in [3.8, 4) is 0 Å². The van der Waals surface area contributed by atoms with Crippen LogP contribution in [0.4, 0.5) is 0 Å². The lowest BCUT2D eigenvalue weighted by Crippen LogP contribution is -2.32. The van der Waals surface area contributed by atoms with E-state index in [2.05, 4.69) is 11.1 Å². The molecule has 0 aliphatic carbocycles. The lowest BCUT2D eigenvalue weighted by atomic mass is 10.0. The molecule has 0 aromatic rings. The Bertz CT molecular complexity index is 238. The summed E-state index contributed by atoms with van der Waals surface area (Å²) in [5.74, 6) is -0.578. The number of ketones is 1. The Labute approximate surface area is 70.3 Å². The zero-order valence-electron chi connectivity index (χ0n) is 6.85. The predicted molar refractivity (Wildman–Crippen MR) is 42.4 cm³/mol. The van der Waals surface area contributed by atoms with Crippen LogP contribution < -0.4 is 0 Å². The molecule has 0 spiro atoms. The summed E-state index contributed by atoms with van der Waals surface area (Å²) in [6.45, 7) is 5.69. The van der Waals surface area contributed by atoms with Crippen LogP contribution in [0.1, 0.15) is 13.8 Å². The van der Waals surface area contributed by atoms with Crippen molar-refractivity contribution >= 4 is 13.6 Å². The van der Waals surface area contributed by atoms with Crippen LogP contribution in [0.3, 0.4) is 0 Å². The molecule has 12 heavy (non-hydrogen) atoms. The Balaban J connectivity index is 4.54. The number of hydrogen-bond acceptors (Lipinski definition) is 3.